The van der Waals surface area contributed by atoms with Crippen molar-refractivity contribution in [3.8, 4) is 11.3 Å². The van der Waals surface area contributed by atoms with E-state index in [2.05, 4.69) is 15.1 Å². The van der Waals surface area contributed by atoms with Crippen molar-refractivity contribution < 1.29 is 4.52 Å². The van der Waals surface area contributed by atoms with Gasteiger partial charge in [-0.25, -0.2) is 9.97 Å². The second-order valence-electron chi connectivity index (χ2n) is 3.95. The van der Waals surface area contributed by atoms with Gasteiger partial charge in [0.1, 0.15) is 16.1 Å². The van der Waals surface area contributed by atoms with Crippen LogP contribution < -0.4 is 0 Å². The van der Waals surface area contributed by atoms with Gasteiger partial charge in [-0.15, -0.1) is 0 Å². The molecular formula is C12H11N3OS. The molecule has 4 nitrogen and oxygen atoms in total. The molecule has 0 spiro atoms. The summed E-state index contributed by atoms with van der Waals surface area (Å²) >= 11 is 1.60. The first-order valence-corrected chi connectivity index (χ1v) is 6.14. The Balaban J connectivity index is 2.24. The molecule has 0 radical (unpaired) electrons. The highest BCUT2D eigenvalue weighted by Crippen LogP contribution is 2.28. The average molecular weight is 245 g/mol. The number of rotatable bonds is 1. The van der Waals surface area contributed by atoms with Crippen LogP contribution in [0.25, 0.3) is 21.6 Å². The minimum atomic E-state index is 0.801. The Morgan fingerprint density at radius 3 is 2.65 bits per heavy atom. The highest BCUT2D eigenvalue weighted by Gasteiger charge is 2.13. The Hall–Kier alpha value is -1.75. The molecule has 0 aromatic carbocycles. The van der Waals surface area contributed by atoms with E-state index in [-0.39, 0.29) is 0 Å². The second-order valence-corrected chi connectivity index (χ2v) is 5.13. The van der Waals surface area contributed by atoms with Gasteiger partial charge < -0.3 is 4.52 Å². The zero-order valence-electron chi connectivity index (χ0n) is 9.81. The van der Waals surface area contributed by atoms with Crippen LogP contribution in [0.3, 0.4) is 0 Å². The van der Waals surface area contributed by atoms with Crippen LogP contribution in [0.5, 0.6) is 0 Å². The SMILES string of the molecule is Cc1nc2ccc(-c3c(C)noc3C)nc2s1. The molecule has 0 saturated carbocycles. The third-order valence-electron chi connectivity index (χ3n) is 2.65. The van der Waals surface area contributed by atoms with Gasteiger partial charge in [0.05, 0.1) is 22.0 Å². The lowest BCUT2D eigenvalue weighted by Gasteiger charge is -1.98. The van der Waals surface area contributed by atoms with E-state index < -0.39 is 0 Å². The second kappa shape index (κ2) is 3.63. The van der Waals surface area contributed by atoms with E-state index in [4.69, 9.17) is 4.52 Å². The van der Waals surface area contributed by atoms with Crippen molar-refractivity contribution in [1.82, 2.24) is 15.1 Å². The highest BCUT2D eigenvalue weighted by molar-refractivity contribution is 7.18. The molecule has 0 amide bonds. The molecule has 0 aliphatic carbocycles. The smallest absolute Gasteiger partial charge is 0.144 e. The zero-order chi connectivity index (χ0) is 12.0. The fourth-order valence-electron chi connectivity index (χ4n) is 1.91. The molecule has 5 heteroatoms. The number of aromatic nitrogens is 3. The van der Waals surface area contributed by atoms with Crippen molar-refractivity contribution in [3.05, 3.63) is 28.6 Å². The number of hydrogen-bond acceptors (Lipinski definition) is 5. The Morgan fingerprint density at radius 1 is 1.12 bits per heavy atom. The molecule has 3 aromatic rings. The van der Waals surface area contributed by atoms with Crippen LogP contribution >= 0.6 is 11.3 Å². The molecule has 0 aliphatic rings. The first kappa shape index (κ1) is 10.4. The van der Waals surface area contributed by atoms with Gasteiger partial charge in [0.25, 0.3) is 0 Å². The van der Waals surface area contributed by atoms with Gasteiger partial charge in [-0.3, -0.25) is 0 Å². The summed E-state index contributed by atoms with van der Waals surface area (Å²) in [5.74, 6) is 0.801. The maximum atomic E-state index is 5.16. The average Bonchev–Trinajstić information content (AvgIpc) is 2.80. The first-order chi connectivity index (χ1) is 8.15. The van der Waals surface area contributed by atoms with Crippen LogP contribution in [-0.4, -0.2) is 15.1 Å². The number of pyridine rings is 1. The molecule has 0 saturated heterocycles. The summed E-state index contributed by atoms with van der Waals surface area (Å²) in [6, 6.07) is 3.96. The number of aryl methyl sites for hydroxylation is 3. The fourth-order valence-corrected chi connectivity index (χ4v) is 2.70. The number of hydrogen-bond donors (Lipinski definition) is 0. The molecule has 0 fully saturated rings. The first-order valence-electron chi connectivity index (χ1n) is 5.32. The summed E-state index contributed by atoms with van der Waals surface area (Å²) in [4.78, 5) is 9.97. The van der Waals surface area contributed by atoms with Gasteiger partial charge in [-0.2, -0.15) is 0 Å². The largest absolute Gasteiger partial charge is 0.361 e. The predicted octanol–water partition coefficient (Wildman–Crippen LogP) is 3.27. The summed E-state index contributed by atoms with van der Waals surface area (Å²) in [6.07, 6.45) is 0. The van der Waals surface area contributed by atoms with Gasteiger partial charge in [0.15, 0.2) is 0 Å². The minimum absolute atomic E-state index is 0.801. The van der Waals surface area contributed by atoms with Crippen LogP contribution in [0.15, 0.2) is 16.7 Å². The Bertz CT molecular complexity index is 679. The maximum Gasteiger partial charge on any atom is 0.144 e. The van der Waals surface area contributed by atoms with Crippen molar-refractivity contribution in [2.75, 3.05) is 0 Å². The van der Waals surface area contributed by atoms with Crippen LogP contribution in [0.2, 0.25) is 0 Å². The molecule has 0 bridgehead atoms. The molecule has 0 aliphatic heterocycles. The lowest BCUT2D eigenvalue weighted by molar-refractivity contribution is 0.393. The van der Waals surface area contributed by atoms with E-state index in [9.17, 15) is 0 Å². The number of nitrogens with zero attached hydrogens (tertiary/aromatic N) is 3. The summed E-state index contributed by atoms with van der Waals surface area (Å²) in [5, 5.41) is 4.98. The van der Waals surface area contributed by atoms with E-state index in [1.807, 2.05) is 32.9 Å². The van der Waals surface area contributed by atoms with Gasteiger partial charge in [0.2, 0.25) is 0 Å². The minimum Gasteiger partial charge on any atom is -0.361 e. The van der Waals surface area contributed by atoms with Crippen molar-refractivity contribution in [1.29, 1.82) is 0 Å². The van der Waals surface area contributed by atoms with Crippen LogP contribution in [0.4, 0.5) is 0 Å². The number of fused-ring (bicyclic) bond motifs is 1. The lowest BCUT2D eigenvalue weighted by atomic mass is 10.1. The van der Waals surface area contributed by atoms with E-state index in [1.165, 1.54) is 0 Å². The maximum absolute atomic E-state index is 5.16. The van der Waals surface area contributed by atoms with Crippen molar-refractivity contribution in [2.24, 2.45) is 0 Å². The third-order valence-corrected chi connectivity index (χ3v) is 3.53. The van der Waals surface area contributed by atoms with E-state index >= 15 is 0 Å². The summed E-state index contributed by atoms with van der Waals surface area (Å²) in [7, 11) is 0. The van der Waals surface area contributed by atoms with Crippen molar-refractivity contribution >= 4 is 21.7 Å². The van der Waals surface area contributed by atoms with Gasteiger partial charge in [-0.05, 0) is 32.9 Å². The van der Waals surface area contributed by atoms with Crippen molar-refractivity contribution in [3.63, 3.8) is 0 Å². The number of thiazole rings is 1. The van der Waals surface area contributed by atoms with Gasteiger partial charge in [-0.1, -0.05) is 16.5 Å². The normalized spacial score (nSPS) is 11.2. The summed E-state index contributed by atoms with van der Waals surface area (Å²) in [5.41, 5.74) is 3.70. The summed E-state index contributed by atoms with van der Waals surface area (Å²) in [6.45, 7) is 5.82. The third kappa shape index (κ3) is 1.63. The lowest BCUT2D eigenvalue weighted by Crippen LogP contribution is -1.86. The molecule has 0 unspecified atom stereocenters. The highest BCUT2D eigenvalue weighted by atomic mass is 32.1. The summed E-state index contributed by atoms with van der Waals surface area (Å²) < 4.78 is 5.16. The predicted molar refractivity (Wildman–Crippen MR) is 67.1 cm³/mol. The Labute approximate surface area is 102 Å². The Morgan fingerprint density at radius 2 is 1.94 bits per heavy atom. The molecule has 3 rings (SSSR count). The van der Waals surface area contributed by atoms with E-state index in [0.29, 0.717) is 0 Å². The van der Waals surface area contributed by atoms with E-state index in [0.717, 1.165) is 38.1 Å². The van der Waals surface area contributed by atoms with Crippen LogP contribution in [0.1, 0.15) is 16.5 Å². The molecule has 86 valence electrons. The topological polar surface area (TPSA) is 51.8 Å². The molecule has 0 atom stereocenters. The zero-order valence-corrected chi connectivity index (χ0v) is 10.6. The van der Waals surface area contributed by atoms with Gasteiger partial charge >= 0.3 is 0 Å². The Kier molecular flexibility index (Phi) is 2.22. The van der Waals surface area contributed by atoms with Crippen LogP contribution in [-0.2, 0) is 0 Å². The van der Waals surface area contributed by atoms with E-state index in [1.54, 1.807) is 11.3 Å². The quantitative estimate of drug-likeness (QED) is 0.660. The molecular weight excluding hydrogens is 234 g/mol. The molecule has 0 N–H and O–H groups in total. The molecule has 3 aromatic heterocycles. The fraction of sp³-hybridized carbons (Fsp3) is 0.250. The monoisotopic (exact) mass is 245 g/mol. The standard InChI is InChI=1S/C12H11N3OS/c1-6-11(7(2)16-15-6)9-4-5-10-12(14-9)17-8(3)13-10/h4-5H,1-3H3. The molecule has 17 heavy (non-hydrogen) atoms. The van der Waals surface area contributed by atoms with Crippen LogP contribution in [0, 0.1) is 20.8 Å². The van der Waals surface area contributed by atoms with Crippen molar-refractivity contribution in [2.45, 2.75) is 20.8 Å². The molecule has 3 heterocycles. The van der Waals surface area contributed by atoms with Gasteiger partial charge in [0, 0.05) is 0 Å².